The van der Waals surface area contributed by atoms with Crippen LogP contribution in [-0.2, 0) is 21.3 Å². The molecule has 1 aliphatic rings. The molecule has 0 saturated carbocycles. The van der Waals surface area contributed by atoms with Gasteiger partial charge in [-0.2, -0.15) is 0 Å². The highest BCUT2D eigenvalue weighted by Crippen LogP contribution is 2.37. The monoisotopic (exact) mass is 520 g/mol. The Hall–Kier alpha value is -3.00. The molecule has 0 amide bonds. The highest BCUT2D eigenvalue weighted by atomic mass is 32.2. The number of hydrogen-bond acceptors (Lipinski definition) is 4. The smallest absolute Gasteiger partial charge is 0.268 e. The van der Waals surface area contributed by atoms with Crippen LogP contribution in [0.2, 0.25) is 0 Å². The Morgan fingerprint density at radius 3 is 2.35 bits per heavy atom. The van der Waals surface area contributed by atoms with Gasteiger partial charge in [0.05, 0.1) is 16.5 Å². The van der Waals surface area contributed by atoms with Crippen LogP contribution in [-0.4, -0.2) is 37.0 Å². The molecular weight excluding hydrogens is 487 g/mol. The lowest BCUT2D eigenvalue weighted by Crippen LogP contribution is -2.39. The van der Waals surface area contributed by atoms with Gasteiger partial charge in [0.25, 0.3) is 10.0 Å². The third-order valence-corrected chi connectivity index (χ3v) is 9.34. The number of ether oxygens (including phenoxy) is 1. The lowest BCUT2D eigenvalue weighted by Gasteiger charge is -2.39. The molecule has 4 aromatic rings. The molecule has 0 bridgehead atoms. The number of methoxy groups -OCH3 is 1. The van der Waals surface area contributed by atoms with Crippen molar-refractivity contribution in [3.8, 4) is 0 Å². The number of benzene rings is 3. The second-order valence-electron chi connectivity index (χ2n) is 10.1. The van der Waals surface area contributed by atoms with Gasteiger partial charge < -0.3 is 4.74 Å². The summed E-state index contributed by atoms with van der Waals surface area (Å²) in [5.41, 5.74) is 5.95. The molecule has 37 heavy (non-hydrogen) atoms. The molecule has 2 unspecified atom stereocenters. The second kappa shape index (κ2) is 10.0. The van der Waals surface area contributed by atoms with E-state index in [0.29, 0.717) is 12.1 Å². The predicted molar refractivity (Wildman–Crippen MR) is 145 cm³/mol. The minimum absolute atomic E-state index is 0.0772. The van der Waals surface area contributed by atoms with Crippen molar-refractivity contribution in [1.82, 2.24) is 8.87 Å². The molecule has 1 saturated heterocycles. The Morgan fingerprint density at radius 2 is 1.68 bits per heavy atom. The molecule has 1 aromatic heterocycles. The van der Waals surface area contributed by atoms with Crippen molar-refractivity contribution in [2.45, 2.75) is 57.2 Å². The summed E-state index contributed by atoms with van der Waals surface area (Å²) >= 11 is 0. The maximum Gasteiger partial charge on any atom is 0.268 e. The van der Waals surface area contributed by atoms with Crippen molar-refractivity contribution < 1.29 is 17.5 Å². The molecule has 194 valence electrons. The van der Waals surface area contributed by atoms with Crippen LogP contribution in [0.1, 0.15) is 46.7 Å². The van der Waals surface area contributed by atoms with E-state index in [1.54, 1.807) is 25.4 Å². The maximum absolute atomic E-state index is 13.7. The van der Waals surface area contributed by atoms with Crippen LogP contribution < -0.4 is 0 Å². The Labute approximate surface area is 218 Å². The predicted octanol–water partition coefficient (Wildman–Crippen LogP) is 6.29. The summed E-state index contributed by atoms with van der Waals surface area (Å²) in [5, 5.41) is 0.944. The average Bonchev–Trinajstić information content (AvgIpc) is 3.34. The first-order valence-electron chi connectivity index (χ1n) is 12.6. The van der Waals surface area contributed by atoms with Crippen molar-refractivity contribution in [3.05, 3.63) is 100 Å². The largest absolute Gasteiger partial charge is 0.381 e. The SMILES string of the molecule is COC1CCN(Cc2c(C)cc(C)c3c2ccn3S(=O)(=O)c2ccc(C)cc2)C(c2ccc(F)cc2)C1. The molecule has 5 rings (SSSR count). The Bertz CT molecular complexity index is 1530. The van der Waals surface area contributed by atoms with Gasteiger partial charge in [-0.25, -0.2) is 16.8 Å². The summed E-state index contributed by atoms with van der Waals surface area (Å²) in [4.78, 5) is 2.68. The molecule has 2 heterocycles. The Kier molecular flexibility index (Phi) is 6.96. The van der Waals surface area contributed by atoms with Crippen LogP contribution in [0, 0.1) is 26.6 Å². The molecule has 5 nitrogen and oxygen atoms in total. The summed E-state index contributed by atoms with van der Waals surface area (Å²) in [7, 11) is -2.00. The van der Waals surface area contributed by atoms with E-state index < -0.39 is 10.0 Å². The van der Waals surface area contributed by atoms with E-state index in [-0.39, 0.29) is 22.9 Å². The maximum atomic E-state index is 13.7. The standard InChI is InChI=1S/C30H33FN2O3S/c1-20-5-11-26(12-6-20)37(34,35)33-16-14-27-28(21(2)17-22(3)30(27)33)19-32-15-13-25(36-4)18-29(32)23-7-9-24(31)10-8-23/h5-12,14,16-17,25,29H,13,15,18-19H2,1-4H3. The zero-order chi connectivity index (χ0) is 26.3. The summed E-state index contributed by atoms with van der Waals surface area (Å²) in [6.07, 6.45) is 3.54. The van der Waals surface area contributed by atoms with Crippen LogP contribution in [0.3, 0.4) is 0 Å². The minimum Gasteiger partial charge on any atom is -0.381 e. The number of piperidine rings is 1. The van der Waals surface area contributed by atoms with Gasteiger partial charge in [-0.15, -0.1) is 0 Å². The number of hydrogen-bond donors (Lipinski definition) is 0. The summed E-state index contributed by atoms with van der Waals surface area (Å²) in [5.74, 6) is -0.249. The van der Waals surface area contributed by atoms with E-state index in [9.17, 15) is 12.8 Å². The summed E-state index contributed by atoms with van der Waals surface area (Å²) in [6, 6.07) is 17.8. The van der Waals surface area contributed by atoms with Crippen molar-refractivity contribution >= 4 is 20.9 Å². The first kappa shape index (κ1) is 25.6. The van der Waals surface area contributed by atoms with Gasteiger partial charge in [-0.05, 0) is 86.2 Å². The van der Waals surface area contributed by atoms with E-state index in [2.05, 4.69) is 17.9 Å². The van der Waals surface area contributed by atoms with E-state index in [1.165, 1.54) is 16.1 Å². The van der Waals surface area contributed by atoms with E-state index in [1.807, 2.05) is 44.2 Å². The minimum atomic E-state index is -3.74. The normalized spacial score (nSPS) is 18.9. The van der Waals surface area contributed by atoms with Crippen molar-refractivity contribution in [1.29, 1.82) is 0 Å². The number of likely N-dealkylation sites (tertiary alicyclic amines) is 1. The fraction of sp³-hybridized carbons (Fsp3) is 0.333. The van der Waals surface area contributed by atoms with Crippen molar-refractivity contribution in [2.24, 2.45) is 0 Å². The molecule has 1 aliphatic heterocycles. The van der Waals surface area contributed by atoms with Crippen molar-refractivity contribution in [3.63, 3.8) is 0 Å². The van der Waals surface area contributed by atoms with Crippen LogP contribution >= 0.6 is 0 Å². The third-order valence-electron chi connectivity index (χ3n) is 7.65. The Balaban J connectivity index is 1.56. The molecule has 0 N–H and O–H groups in total. The zero-order valence-electron chi connectivity index (χ0n) is 21.7. The van der Waals surface area contributed by atoms with E-state index >= 15 is 0 Å². The fourth-order valence-corrected chi connectivity index (χ4v) is 7.00. The quantitative estimate of drug-likeness (QED) is 0.300. The number of nitrogens with zero attached hydrogens (tertiary/aromatic N) is 2. The Morgan fingerprint density at radius 1 is 0.973 bits per heavy atom. The highest BCUT2D eigenvalue weighted by molar-refractivity contribution is 7.90. The van der Waals surface area contributed by atoms with E-state index in [4.69, 9.17) is 4.74 Å². The number of aryl methyl sites for hydroxylation is 3. The molecule has 0 spiro atoms. The zero-order valence-corrected chi connectivity index (χ0v) is 22.6. The van der Waals surface area contributed by atoms with Gasteiger partial charge in [-0.3, -0.25) is 4.90 Å². The average molecular weight is 521 g/mol. The van der Waals surface area contributed by atoms with Crippen LogP contribution in [0.5, 0.6) is 0 Å². The van der Waals surface area contributed by atoms with Crippen LogP contribution in [0.15, 0.2) is 71.8 Å². The first-order chi connectivity index (χ1) is 17.7. The topological polar surface area (TPSA) is 51.5 Å². The summed E-state index contributed by atoms with van der Waals surface area (Å²) in [6.45, 7) is 7.48. The van der Waals surface area contributed by atoms with Crippen LogP contribution in [0.4, 0.5) is 4.39 Å². The van der Waals surface area contributed by atoms with Gasteiger partial charge >= 0.3 is 0 Å². The number of rotatable bonds is 6. The molecule has 1 fully saturated rings. The van der Waals surface area contributed by atoms with E-state index in [0.717, 1.165) is 52.6 Å². The molecule has 3 aromatic carbocycles. The highest BCUT2D eigenvalue weighted by Gasteiger charge is 2.31. The third kappa shape index (κ3) is 4.83. The second-order valence-corrected chi connectivity index (χ2v) is 11.9. The lowest BCUT2D eigenvalue weighted by atomic mass is 9.91. The van der Waals surface area contributed by atoms with Crippen LogP contribution in [0.25, 0.3) is 10.9 Å². The van der Waals surface area contributed by atoms with Gasteiger partial charge in [-0.1, -0.05) is 35.9 Å². The molecule has 0 aliphatic carbocycles. The number of halogens is 1. The molecule has 7 heteroatoms. The summed E-state index contributed by atoms with van der Waals surface area (Å²) < 4.78 is 48.0. The lowest BCUT2D eigenvalue weighted by molar-refractivity contribution is 0.00690. The van der Waals surface area contributed by atoms with Gasteiger partial charge in [0, 0.05) is 37.8 Å². The van der Waals surface area contributed by atoms with Crippen molar-refractivity contribution in [2.75, 3.05) is 13.7 Å². The van der Waals surface area contributed by atoms with Gasteiger partial charge in [0.1, 0.15) is 5.82 Å². The number of aromatic nitrogens is 1. The first-order valence-corrected chi connectivity index (χ1v) is 14.1. The molecule has 0 radical (unpaired) electrons. The fourth-order valence-electron chi connectivity index (χ4n) is 5.59. The number of fused-ring (bicyclic) bond motifs is 1. The van der Waals surface area contributed by atoms with Gasteiger partial charge in [0.15, 0.2) is 0 Å². The molecule has 2 atom stereocenters. The van der Waals surface area contributed by atoms with Gasteiger partial charge in [0.2, 0.25) is 0 Å². The molecular formula is C30H33FN2O3S.